The number of hydrogen-bond acceptors (Lipinski definition) is 2. The topological polar surface area (TPSA) is 36.9 Å². The van der Waals surface area contributed by atoms with Crippen LogP contribution < -0.4 is 10.1 Å². The highest BCUT2D eigenvalue weighted by atomic mass is 19.3. The van der Waals surface area contributed by atoms with E-state index in [1.54, 1.807) is 18.2 Å². The Morgan fingerprint density at radius 1 is 1.37 bits per heavy atom. The molecule has 0 saturated carbocycles. The molecule has 0 fully saturated rings. The molecule has 0 unspecified atom stereocenters. The molecule has 1 N–H and O–H groups in total. The number of halogens is 2. The summed E-state index contributed by atoms with van der Waals surface area (Å²) in [5.74, 6) is 0.866. The zero-order chi connectivity index (χ0) is 14.3. The lowest BCUT2D eigenvalue weighted by atomic mass is 10.2. The van der Waals surface area contributed by atoms with Gasteiger partial charge in [0.1, 0.15) is 5.75 Å². The highest BCUT2D eigenvalue weighted by Crippen LogP contribution is 2.20. The molecule has 0 aliphatic heterocycles. The van der Waals surface area contributed by atoms with Crippen LogP contribution in [0.15, 0.2) is 29.3 Å². The first kappa shape index (κ1) is 15.2. The van der Waals surface area contributed by atoms with E-state index in [2.05, 4.69) is 15.0 Å². The minimum absolute atomic E-state index is 0.163. The van der Waals surface area contributed by atoms with Gasteiger partial charge in [0.2, 0.25) is 0 Å². The minimum atomic E-state index is -2.83. The van der Waals surface area contributed by atoms with Gasteiger partial charge in [-0.05, 0) is 13.0 Å². The average molecular weight is 271 g/mol. The lowest BCUT2D eigenvalue weighted by Gasteiger charge is -2.17. The van der Waals surface area contributed by atoms with Crippen LogP contribution in [0.1, 0.15) is 12.5 Å². The maximum Gasteiger partial charge on any atom is 0.387 e. The molecule has 0 aromatic heterocycles. The second-order valence-electron chi connectivity index (χ2n) is 4.05. The fraction of sp³-hybridized carbons (Fsp3) is 0.462. The van der Waals surface area contributed by atoms with Gasteiger partial charge in [-0.15, -0.1) is 0 Å². The van der Waals surface area contributed by atoms with E-state index in [1.807, 2.05) is 25.9 Å². The van der Waals surface area contributed by atoms with Gasteiger partial charge in [-0.2, -0.15) is 8.78 Å². The Hall–Kier alpha value is -1.85. The largest absolute Gasteiger partial charge is 0.434 e. The Morgan fingerprint density at radius 3 is 2.63 bits per heavy atom. The van der Waals surface area contributed by atoms with Gasteiger partial charge in [0, 0.05) is 26.2 Å². The van der Waals surface area contributed by atoms with Crippen LogP contribution in [0.4, 0.5) is 8.78 Å². The monoisotopic (exact) mass is 271 g/mol. The van der Waals surface area contributed by atoms with Crippen LogP contribution >= 0.6 is 0 Å². The Morgan fingerprint density at radius 2 is 2.05 bits per heavy atom. The molecule has 0 aliphatic rings. The molecule has 0 saturated heterocycles. The number of aliphatic imine (C=N–C) groups is 1. The van der Waals surface area contributed by atoms with E-state index >= 15 is 0 Å². The number of benzene rings is 1. The van der Waals surface area contributed by atoms with E-state index in [0.29, 0.717) is 11.5 Å². The van der Waals surface area contributed by atoms with Gasteiger partial charge in [0.05, 0.1) is 6.54 Å². The van der Waals surface area contributed by atoms with Gasteiger partial charge in [-0.25, -0.2) is 4.99 Å². The van der Waals surface area contributed by atoms with E-state index in [-0.39, 0.29) is 12.3 Å². The molecule has 1 aromatic carbocycles. The van der Waals surface area contributed by atoms with Crippen LogP contribution in [0.5, 0.6) is 5.75 Å². The Balaban J connectivity index is 2.83. The van der Waals surface area contributed by atoms with Crippen molar-refractivity contribution in [3.05, 3.63) is 29.8 Å². The number of rotatable bonds is 5. The van der Waals surface area contributed by atoms with E-state index in [1.165, 1.54) is 6.07 Å². The summed E-state index contributed by atoms with van der Waals surface area (Å²) in [6, 6.07) is 6.66. The van der Waals surface area contributed by atoms with Crippen molar-refractivity contribution < 1.29 is 13.5 Å². The quantitative estimate of drug-likeness (QED) is 0.659. The molecule has 19 heavy (non-hydrogen) atoms. The van der Waals surface area contributed by atoms with Crippen LogP contribution in [0.25, 0.3) is 0 Å². The van der Waals surface area contributed by atoms with Gasteiger partial charge in [0.25, 0.3) is 0 Å². The predicted molar refractivity (Wildman–Crippen MR) is 71.6 cm³/mol. The fourth-order valence-electron chi connectivity index (χ4n) is 1.52. The third-order valence-electron chi connectivity index (χ3n) is 2.35. The molecule has 0 atom stereocenters. The number of alkyl halides is 2. The molecule has 6 heteroatoms. The molecular formula is C13H19F2N3O. The van der Waals surface area contributed by atoms with Crippen LogP contribution in [0, 0.1) is 0 Å². The summed E-state index contributed by atoms with van der Waals surface area (Å²) in [6.07, 6.45) is 0. The van der Waals surface area contributed by atoms with Crippen LogP contribution in [-0.2, 0) is 6.54 Å². The molecule has 0 spiro atoms. The highest BCUT2D eigenvalue weighted by Gasteiger charge is 2.09. The minimum Gasteiger partial charge on any atom is -0.434 e. The van der Waals surface area contributed by atoms with Crippen molar-refractivity contribution >= 4 is 5.96 Å². The SMILES string of the molecule is CCNC(=NCc1ccccc1OC(F)F)N(C)C. The molecule has 106 valence electrons. The number of nitrogens with zero attached hydrogens (tertiary/aromatic N) is 2. The molecule has 0 radical (unpaired) electrons. The average Bonchev–Trinajstić information content (AvgIpc) is 2.35. The van der Waals surface area contributed by atoms with Crippen molar-refractivity contribution in [2.24, 2.45) is 4.99 Å². The van der Waals surface area contributed by atoms with Crippen LogP contribution in [0.2, 0.25) is 0 Å². The number of hydrogen-bond donors (Lipinski definition) is 1. The van der Waals surface area contributed by atoms with Gasteiger partial charge >= 0.3 is 6.61 Å². The summed E-state index contributed by atoms with van der Waals surface area (Å²) in [5, 5.41) is 3.10. The number of ether oxygens (including phenoxy) is 1. The van der Waals surface area contributed by atoms with E-state index < -0.39 is 6.61 Å². The molecule has 4 nitrogen and oxygen atoms in total. The third kappa shape index (κ3) is 5.11. The first-order valence-corrected chi connectivity index (χ1v) is 6.03. The molecule has 1 rings (SSSR count). The Kier molecular flexibility index (Phi) is 6.05. The van der Waals surface area contributed by atoms with E-state index in [9.17, 15) is 8.78 Å². The van der Waals surface area contributed by atoms with Gasteiger partial charge in [-0.3, -0.25) is 0 Å². The second-order valence-corrected chi connectivity index (χ2v) is 4.05. The Labute approximate surface area is 112 Å². The van der Waals surface area contributed by atoms with E-state index in [4.69, 9.17) is 0 Å². The number of para-hydroxylation sites is 1. The normalized spacial score (nSPS) is 11.6. The second kappa shape index (κ2) is 7.56. The molecule has 0 aliphatic carbocycles. The first-order valence-electron chi connectivity index (χ1n) is 6.03. The third-order valence-corrected chi connectivity index (χ3v) is 2.35. The lowest BCUT2D eigenvalue weighted by molar-refractivity contribution is -0.0504. The first-order chi connectivity index (χ1) is 9.04. The highest BCUT2D eigenvalue weighted by molar-refractivity contribution is 5.79. The standard InChI is InChI=1S/C13H19F2N3O/c1-4-16-13(18(2)3)17-9-10-7-5-6-8-11(10)19-12(14)15/h5-8,12H,4,9H2,1-3H3,(H,16,17). The zero-order valence-electron chi connectivity index (χ0n) is 11.4. The lowest BCUT2D eigenvalue weighted by Crippen LogP contribution is -2.36. The zero-order valence-corrected chi connectivity index (χ0v) is 11.4. The van der Waals surface area contributed by atoms with Gasteiger partial charge in [0.15, 0.2) is 5.96 Å². The van der Waals surface area contributed by atoms with E-state index in [0.717, 1.165) is 6.54 Å². The smallest absolute Gasteiger partial charge is 0.387 e. The molecule has 1 aromatic rings. The van der Waals surface area contributed by atoms with Crippen molar-refractivity contribution in [3.63, 3.8) is 0 Å². The van der Waals surface area contributed by atoms with Gasteiger partial charge < -0.3 is 15.0 Å². The maximum atomic E-state index is 12.3. The molecular weight excluding hydrogens is 252 g/mol. The van der Waals surface area contributed by atoms with Crippen molar-refractivity contribution in [2.75, 3.05) is 20.6 Å². The molecule has 0 heterocycles. The van der Waals surface area contributed by atoms with Crippen LogP contribution in [0.3, 0.4) is 0 Å². The Bertz CT molecular complexity index is 422. The van der Waals surface area contributed by atoms with Crippen molar-refractivity contribution in [3.8, 4) is 5.75 Å². The van der Waals surface area contributed by atoms with Gasteiger partial charge in [-0.1, -0.05) is 18.2 Å². The maximum absolute atomic E-state index is 12.3. The number of guanidine groups is 1. The summed E-state index contributed by atoms with van der Waals surface area (Å²) in [4.78, 5) is 6.19. The van der Waals surface area contributed by atoms with Crippen molar-refractivity contribution in [1.82, 2.24) is 10.2 Å². The summed E-state index contributed by atoms with van der Waals surface area (Å²) in [7, 11) is 3.73. The van der Waals surface area contributed by atoms with Crippen molar-refractivity contribution in [2.45, 2.75) is 20.1 Å². The summed E-state index contributed by atoms with van der Waals surface area (Å²) < 4.78 is 29.0. The number of nitrogens with one attached hydrogen (secondary N) is 1. The fourth-order valence-corrected chi connectivity index (χ4v) is 1.52. The molecule has 0 bridgehead atoms. The summed E-state index contributed by atoms with van der Waals surface area (Å²) >= 11 is 0. The predicted octanol–water partition coefficient (Wildman–Crippen LogP) is 2.32. The summed E-state index contributed by atoms with van der Waals surface area (Å²) in [5.41, 5.74) is 0.625. The molecule has 0 amide bonds. The summed E-state index contributed by atoms with van der Waals surface area (Å²) in [6.45, 7) is 0.162. The van der Waals surface area contributed by atoms with Crippen molar-refractivity contribution in [1.29, 1.82) is 0 Å². The van der Waals surface area contributed by atoms with Crippen LogP contribution in [-0.4, -0.2) is 38.1 Å².